The minimum Gasteiger partial charge on any atom is -0.323 e. The highest BCUT2D eigenvalue weighted by Crippen LogP contribution is 2.28. The molecule has 24 heavy (non-hydrogen) atoms. The molecule has 0 aliphatic carbocycles. The van der Waals surface area contributed by atoms with Gasteiger partial charge in [-0.3, -0.25) is 14.3 Å². The average Bonchev–Trinajstić information content (AvgIpc) is 3.21. The van der Waals surface area contributed by atoms with E-state index in [2.05, 4.69) is 15.9 Å². The quantitative estimate of drug-likeness (QED) is 0.725. The van der Waals surface area contributed by atoms with Gasteiger partial charge in [0.1, 0.15) is 6.04 Å². The molecule has 9 nitrogen and oxygen atoms in total. The summed E-state index contributed by atoms with van der Waals surface area (Å²) in [5, 5.41) is 7.56. The fourth-order valence-electron chi connectivity index (χ4n) is 3.84. The van der Waals surface area contributed by atoms with E-state index < -0.39 is 6.04 Å². The zero-order valence-corrected chi connectivity index (χ0v) is 13.9. The SMILES string of the molecule is CN1C(=O)N2C[C@H]1CC[C@H]2C(=O)NOC[C@H]1NCc2c1cnn2C. The Balaban J connectivity index is 1.31. The number of nitrogens with one attached hydrogen (secondary N) is 2. The largest absolute Gasteiger partial charge is 0.323 e. The molecule has 1 aromatic rings. The van der Waals surface area contributed by atoms with E-state index in [0.717, 1.165) is 24.2 Å². The lowest BCUT2D eigenvalue weighted by Crippen LogP contribution is -2.50. The van der Waals surface area contributed by atoms with Crippen LogP contribution in [-0.4, -0.2) is 63.8 Å². The summed E-state index contributed by atoms with van der Waals surface area (Å²) in [5.74, 6) is -0.249. The van der Waals surface area contributed by atoms with Gasteiger partial charge in [-0.25, -0.2) is 10.3 Å². The van der Waals surface area contributed by atoms with Crippen LogP contribution in [0.25, 0.3) is 0 Å². The van der Waals surface area contributed by atoms with Crippen LogP contribution in [0.3, 0.4) is 0 Å². The molecule has 4 rings (SSSR count). The van der Waals surface area contributed by atoms with Crippen molar-refractivity contribution in [2.24, 2.45) is 7.05 Å². The Morgan fingerprint density at radius 3 is 3.12 bits per heavy atom. The molecule has 130 valence electrons. The van der Waals surface area contributed by atoms with Crippen LogP contribution in [0.2, 0.25) is 0 Å². The van der Waals surface area contributed by atoms with Gasteiger partial charge in [-0.05, 0) is 12.8 Å². The molecule has 2 saturated heterocycles. The first-order chi connectivity index (χ1) is 11.6. The molecule has 2 fully saturated rings. The number of carbonyl (C=O) groups is 2. The van der Waals surface area contributed by atoms with Gasteiger partial charge in [-0.15, -0.1) is 0 Å². The Morgan fingerprint density at radius 2 is 2.29 bits per heavy atom. The van der Waals surface area contributed by atoms with Crippen LogP contribution < -0.4 is 10.8 Å². The number of hydroxylamine groups is 1. The molecule has 2 bridgehead atoms. The van der Waals surface area contributed by atoms with Crippen LogP contribution >= 0.6 is 0 Å². The number of nitrogens with zero attached hydrogens (tertiary/aromatic N) is 4. The van der Waals surface area contributed by atoms with Gasteiger partial charge < -0.3 is 15.1 Å². The number of amides is 3. The van der Waals surface area contributed by atoms with E-state index in [4.69, 9.17) is 4.84 Å². The second-order valence-corrected chi connectivity index (χ2v) is 6.67. The van der Waals surface area contributed by atoms with Gasteiger partial charge in [0.05, 0.1) is 30.6 Å². The van der Waals surface area contributed by atoms with Crippen molar-refractivity contribution in [3.05, 3.63) is 17.5 Å². The van der Waals surface area contributed by atoms with Gasteiger partial charge in [-0.2, -0.15) is 5.10 Å². The van der Waals surface area contributed by atoms with Crippen molar-refractivity contribution >= 4 is 11.9 Å². The molecule has 0 radical (unpaired) electrons. The van der Waals surface area contributed by atoms with Crippen molar-refractivity contribution in [2.45, 2.75) is 37.5 Å². The second-order valence-electron chi connectivity index (χ2n) is 6.67. The number of aromatic nitrogens is 2. The minimum absolute atomic E-state index is 0.0179. The van der Waals surface area contributed by atoms with Crippen LogP contribution in [0.15, 0.2) is 6.20 Å². The predicted octanol–water partition coefficient (Wildman–Crippen LogP) is -0.489. The molecule has 2 N–H and O–H groups in total. The third-order valence-corrected chi connectivity index (χ3v) is 5.36. The second kappa shape index (κ2) is 5.75. The molecule has 0 unspecified atom stereocenters. The monoisotopic (exact) mass is 334 g/mol. The summed E-state index contributed by atoms with van der Waals surface area (Å²) in [6.07, 6.45) is 3.34. The Morgan fingerprint density at radius 1 is 1.46 bits per heavy atom. The van der Waals surface area contributed by atoms with Gasteiger partial charge in [0.25, 0.3) is 5.91 Å². The zero-order chi connectivity index (χ0) is 16.8. The summed E-state index contributed by atoms with van der Waals surface area (Å²) in [6.45, 7) is 1.69. The minimum atomic E-state index is -0.441. The highest BCUT2D eigenvalue weighted by molar-refractivity contribution is 5.88. The van der Waals surface area contributed by atoms with Crippen molar-refractivity contribution < 1.29 is 14.4 Å². The standard InChI is InChI=1S/C15H22N6O3/c1-19-9-3-4-12(21(7-9)15(19)23)14(22)18-24-8-11-10-5-17-20(2)13(10)6-16-11/h5,9,11-12,16H,3-4,6-8H2,1-2H3,(H,18,22)/t9-,11-,12+/m1/s1. The topological polar surface area (TPSA) is 91.7 Å². The maximum atomic E-state index is 12.4. The number of carbonyl (C=O) groups excluding carboxylic acids is 2. The molecular weight excluding hydrogens is 312 g/mol. The molecule has 1 aromatic heterocycles. The molecule has 0 spiro atoms. The van der Waals surface area contributed by atoms with Crippen LogP contribution in [0.5, 0.6) is 0 Å². The maximum absolute atomic E-state index is 12.4. The molecule has 3 aliphatic heterocycles. The van der Waals surface area contributed by atoms with Crippen LogP contribution in [0.1, 0.15) is 30.1 Å². The van der Waals surface area contributed by atoms with Gasteiger partial charge in [0, 0.05) is 32.7 Å². The summed E-state index contributed by atoms with van der Waals surface area (Å²) < 4.78 is 1.84. The van der Waals surface area contributed by atoms with E-state index in [1.807, 2.05) is 17.9 Å². The fraction of sp³-hybridized carbons (Fsp3) is 0.667. The lowest BCUT2D eigenvalue weighted by molar-refractivity contribution is -0.139. The van der Waals surface area contributed by atoms with E-state index in [1.165, 1.54) is 0 Å². The van der Waals surface area contributed by atoms with E-state index in [1.54, 1.807) is 16.8 Å². The first kappa shape index (κ1) is 15.4. The van der Waals surface area contributed by atoms with Crippen molar-refractivity contribution in [1.29, 1.82) is 0 Å². The van der Waals surface area contributed by atoms with Crippen LogP contribution in [0, 0.1) is 0 Å². The number of likely N-dealkylation sites (N-methyl/N-ethyl adjacent to an activating group) is 1. The van der Waals surface area contributed by atoms with Gasteiger partial charge >= 0.3 is 6.03 Å². The number of aryl methyl sites for hydroxylation is 1. The number of urea groups is 1. The van der Waals surface area contributed by atoms with Crippen LogP contribution in [-0.2, 0) is 23.2 Å². The smallest absolute Gasteiger partial charge is 0.320 e. The summed E-state index contributed by atoms with van der Waals surface area (Å²) in [6, 6.07) is -0.266. The van der Waals surface area contributed by atoms with E-state index in [-0.39, 0.29) is 24.0 Å². The average molecular weight is 334 g/mol. The fourth-order valence-corrected chi connectivity index (χ4v) is 3.84. The maximum Gasteiger partial charge on any atom is 0.320 e. The summed E-state index contributed by atoms with van der Waals surface area (Å²) >= 11 is 0. The number of hydrogen-bond donors (Lipinski definition) is 2. The summed E-state index contributed by atoms with van der Waals surface area (Å²) in [4.78, 5) is 33.3. The highest BCUT2D eigenvalue weighted by Gasteiger charge is 2.45. The number of piperidine rings is 1. The summed E-state index contributed by atoms with van der Waals surface area (Å²) in [5.41, 5.74) is 4.76. The van der Waals surface area contributed by atoms with Crippen molar-refractivity contribution in [3.63, 3.8) is 0 Å². The third-order valence-electron chi connectivity index (χ3n) is 5.36. The Labute approximate surface area is 139 Å². The molecule has 0 aromatic carbocycles. The lowest BCUT2D eigenvalue weighted by atomic mass is 10.0. The first-order valence-electron chi connectivity index (χ1n) is 8.25. The lowest BCUT2D eigenvalue weighted by Gasteiger charge is -2.29. The van der Waals surface area contributed by atoms with E-state index in [0.29, 0.717) is 19.6 Å². The van der Waals surface area contributed by atoms with E-state index >= 15 is 0 Å². The van der Waals surface area contributed by atoms with Gasteiger partial charge in [-0.1, -0.05) is 0 Å². The Hall–Kier alpha value is -2.13. The molecular formula is C15H22N6O3. The number of hydrogen-bond acceptors (Lipinski definition) is 5. The molecule has 3 atom stereocenters. The number of rotatable bonds is 4. The molecule has 0 saturated carbocycles. The van der Waals surface area contributed by atoms with Gasteiger partial charge in [0.15, 0.2) is 0 Å². The van der Waals surface area contributed by atoms with Crippen molar-refractivity contribution in [3.8, 4) is 0 Å². The normalized spacial score (nSPS) is 28.4. The molecule has 4 heterocycles. The van der Waals surface area contributed by atoms with Gasteiger partial charge in [0.2, 0.25) is 0 Å². The van der Waals surface area contributed by atoms with Crippen molar-refractivity contribution in [1.82, 2.24) is 30.4 Å². The van der Waals surface area contributed by atoms with Crippen molar-refractivity contribution in [2.75, 3.05) is 20.2 Å². The molecule has 3 aliphatic rings. The first-order valence-corrected chi connectivity index (χ1v) is 8.25. The van der Waals surface area contributed by atoms with Crippen LogP contribution in [0.4, 0.5) is 4.79 Å². The Bertz CT molecular complexity index is 674. The van der Waals surface area contributed by atoms with E-state index in [9.17, 15) is 9.59 Å². The number of fused-ring (bicyclic) bond motifs is 3. The molecule has 9 heteroatoms. The Kier molecular flexibility index (Phi) is 3.69. The third kappa shape index (κ3) is 2.35. The zero-order valence-electron chi connectivity index (χ0n) is 13.9. The predicted molar refractivity (Wildman–Crippen MR) is 83.6 cm³/mol. The molecule has 3 amide bonds. The summed E-state index contributed by atoms with van der Waals surface area (Å²) in [7, 11) is 3.70. The highest BCUT2D eigenvalue weighted by atomic mass is 16.7.